The molecule has 32 heavy (non-hydrogen) atoms. The summed E-state index contributed by atoms with van der Waals surface area (Å²) in [6, 6.07) is 0. The minimum atomic E-state index is -2.54. The van der Waals surface area contributed by atoms with Gasteiger partial charge in [0.1, 0.15) is 12.4 Å². The lowest BCUT2D eigenvalue weighted by molar-refractivity contribution is -0.746. The Morgan fingerprint density at radius 3 is 2.53 bits per heavy atom. The molecule has 0 aliphatic heterocycles. The fraction of sp³-hybridized carbons (Fsp3) is 0.714. The molecule has 0 aromatic heterocycles. The van der Waals surface area contributed by atoms with E-state index in [9.17, 15) is 40.1 Å². The first kappa shape index (κ1) is 23.0. The number of carbonyl (C=O) groups excluding carboxylic acids is 2. The SMILES string of the molecule is C[C@@]12C(=CC(=O)C=C1O[N+](=O)[O-])CC[C@H]1[C@@H]3C[C@@H](O)C(O)(C(=O)CO)[C@@]3(C)C[C@H](O)[C@@]12F. The van der Waals surface area contributed by atoms with Gasteiger partial charge in [0.15, 0.2) is 22.8 Å². The third-order valence-corrected chi connectivity index (χ3v) is 8.73. The standard InChI is InChI=1S/C21H26FNO9/c1-18-8-15(27)20(22)12(13(18)7-14(26)21(18,29)16(28)9-24)4-3-10-5-11(25)6-17(19(10,20)2)32-23(30)31/h5-6,12-15,24,26-27,29H,3-4,7-9H2,1-2H3/t12-,13-,14+,15-,18-,19+,20-,21?/m0/s1. The minimum Gasteiger partial charge on any atom is -0.390 e. The van der Waals surface area contributed by atoms with Gasteiger partial charge in [-0.3, -0.25) is 14.4 Å². The number of aliphatic hydroxyl groups excluding tert-OH is 3. The highest BCUT2D eigenvalue weighted by molar-refractivity contribution is 6.01. The Morgan fingerprint density at radius 1 is 1.28 bits per heavy atom. The normalized spacial score (nSPS) is 47.5. The number of allylic oxidation sites excluding steroid dienone is 3. The largest absolute Gasteiger partial charge is 0.390 e. The van der Waals surface area contributed by atoms with Gasteiger partial charge in [-0.05, 0) is 44.6 Å². The second-order valence-electron chi connectivity index (χ2n) is 9.78. The molecule has 0 amide bonds. The van der Waals surface area contributed by atoms with E-state index in [1.165, 1.54) is 19.9 Å². The van der Waals surface area contributed by atoms with Crippen LogP contribution in [0.1, 0.15) is 39.5 Å². The molecular formula is C21H26FNO9. The molecule has 0 aromatic carbocycles. The summed E-state index contributed by atoms with van der Waals surface area (Å²) in [7, 11) is 0. The zero-order valence-electron chi connectivity index (χ0n) is 17.7. The molecule has 0 aromatic rings. The molecule has 4 aliphatic carbocycles. The Bertz CT molecular complexity index is 965. The Labute approximate surface area is 182 Å². The number of hydrogen-bond donors (Lipinski definition) is 4. The van der Waals surface area contributed by atoms with Crippen LogP contribution >= 0.6 is 0 Å². The van der Waals surface area contributed by atoms with E-state index in [4.69, 9.17) is 0 Å². The van der Waals surface area contributed by atoms with Crippen LogP contribution in [0.25, 0.3) is 0 Å². The van der Waals surface area contributed by atoms with Crippen molar-refractivity contribution >= 4 is 11.6 Å². The van der Waals surface area contributed by atoms with Crippen molar-refractivity contribution < 1.29 is 44.3 Å². The van der Waals surface area contributed by atoms with Crippen molar-refractivity contribution in [2.75, 3.05) is 6.61 Å². The molecule has 3 fully saturated rings. The average molecular weight is 455 g/mol. The van der Waals surface area contributed by atoms with E-state index in [-0.39, 0.29) is 24.8 Å². The van der Waals surface area contributed by atoms with E-state index >= 15 is 4.39 Å². The van der Waals surface area contributed by atoms with E-state index in [1.807, 2.05) is 0 Å². The van der Waals surface area contributed by atoms with Crippen molar-refractivity contribution in [3.63, 3.8) is 0 Å². The molecule has 10 nitrogen and oxygen atoms in total. The molecule has 0 radical (unpaired) electrons. The van der Waals surface area contributed by atoms with Crippen molar-refractivity contribution in [3.8, 4) is 0 Å². The van der Waals surface area contributed by atoms with E-state index < -0.39 is 81.6 Å². The van der Waals surface area contributed by atoms with E-state index in [1.54, 1.807) is 0 Å². The molecule has 176 valence electrons. The highest BCUT2D eigenvalue weighted by atomic mass is 19.1. The van der Waals surface area contributed by atoms with Gasteiger partial charge in [0.05, 0.1) is 17.6 Å². The summed E-state index contributed by atoms with van der Waals surface area (Å²) in [5.74, 6) is -3.96. The average Bonchev–Trinajstić information content (AvgIpc) is 2.90. The first-order valence-electron chi connectivity index (χ1n) is 10.5. The molecule has 8 atom stereocenters. The highest BCUT2D eigenvalue weighted by Crippen LogP contribution is 2.70. The molecule has 4 rings (SSSR count). The number of fused-ring (bicyclic) bond motifs is 5. The van der Waals surface area contributed by atoms with Crippen molar-refractivity contribution in [1.29, 1.82) is 0 Å². The van der Waals surface area contributed by atoms with Crippen LogP contribution in [0.5, 0.6) is 0 Å². The predicted molar refractivity (Wildman–Crippen MR) is 104 cm³/mol. The molecular weight excluding hydrogens is 429 g/mol. The summed E-state index contributed by atoms with van der Waals surface area (Å²) >= 11 is 0. The Balaban J connectivity index is 1.87. The van der Waals surface area contributed by atoms with Crippen molar-refractivity contribution in [3.05, 3.63) is 33.6 Å². The van der Waals surface area contributed by atoms with Gasteiger partial charge in [0.2, 0.25) is 0 Å². The van der Waals surface area contributed by atoms with Crippen LogP contribution in [-0.2, 0) is 14.4 Å². The minimum absolute atomic E-state index is 0.115. The zero-order valence-corrected chi connectivity index (χ0v) is 17.7. The van der Waals surface area contributed by atoms with Crippen LogP contribution in [0, 0.1) is 32.8 Å². The van der Waals surface area contributed by atoms with Crippen molar-refractivity contribution in [2.45, 2.75) is 63.0 Å². The number of carbonyl (C=O) groups is 2. The van der Waals surface area contributed by atoms with Gasteiger partial charge < -0.3 is 20.4 Å². The lowest BCUT2D eigenvalue weighted by Crippen LogP contribution is -2.70. The predicted octanol–water partition coefficient (Wildman–Crippen LogP) is 0.156. The lowest BCUT2D eigenvalue weighted by atomic mass is 9.44. The molecule has 1 unspecified atom stereocenters. The van der Waals surface area contributed by atoms with Crippen LogP contribution in [0.15, 0.2) is 23.5 Å². The van der Waals surface area contributed by atoms with Crippen molar-refractivity contribution in [1.82, 2.24) is 0 Å². The zero-order chi connectivity index (χ0) is 23.9. The quantitative estimate of drug-likeness (QED) is 0.341. The van der Waals surface area contributed by atoms with Crippen LogP contribution in [0.4, 0.5) is 4.39 Å². The van der Waals surface area contributed by atoms with Crippen LogP contribution in [-0.4, -0.2) is 67.2 Å². The van der Waals surface area contributed by atoms with E-state index in [0.717, 1.165) is 6.08 Å². The molecule has 4 N–H and O–H groups in total. The number of alkyl halides is 1. The number of hydrogen-bond acceptors (Lipinski definition) is 9. The number of rotatable bonds is 4. The smallest absolute Gasteiger partial charge is 0.299 e. The second-order valence-corrected chi connectivity index (χ2v) is 9.78. The van der Waals surface area contributed by atoms with E-state index in [2.05, 4.69) is 4.84 Å². The molecule has 0 heterocycles. The molecule has 0 saturated heterocycles. The van der Waals surface area contributed by atoms with Gasteiger partial charge in [-0.15, -0.1) is 10.1 Å². The Hall–Kier alpha value is -2.21. The maximum atomic E-state index is 17.2. The van der Waals surface area contributed by atoms with Crippen LogP contribution < -0.4 is 0 Å². The number of Topliss-reactive ketones (excluding diaryl/α,β-unsaturated/α-hetero) is 1. The number of ketones is 2. The molecule has 11 heteroatoms. The molecule has 4 aliphatic rings. The maximum absolute atomic E-state index is 17.2. The molecule has 0 bridgehead atoms. The number of halogens is 1. The lowest BCUT2D eigenvalue weighted by Gasteiger charge is -2.63. The molecule has 3 saturated carbocycles. The van der Waals surface area contributed by atoms with E-state index in [0.29, 0.717) is 0 Å². The van der Waals surface area contributed by atoms with Gasteiger partial charge in [0.25, 0.3) is 5.09 Å². The van der Waals surface area contributed by atoms with Crippen LogP contribution in [0.3, 0.4) is 0 Å². The Kier molecular flexibility index (Phi) is 4.95. The third-order valence-electron chi connectivity index (χ3n) is 8.73. The van der Waals surface area contributed by atoms with Gasteiger partial charge in [-0.25, -0.2) is 4.39 Å². The second kappa shape index (κ2) is 6.89. The van der Waals surface area contributed by atoms with Crippen molar-refractivity contribution in [2.24, 2.45) is 22.7 Å². The van der Waals surface area contributed by atoms with Gasteiger partial charge in [0, 0.05) is 17.4 Å². The summed E-state index contributed by atoms with van der Waals surface area (Å²) in [6.45, 7) is 1.79. The summed E-state index contributed by atoms with van der Waals surface area (Å²) in [5, 5.41) is 52.4. The fourth-order valence-corrected chi connectivity index (χ4v) is 7.14. The summed E-state index contributed by atoms with van der Waals surface area (Å²) in [5.41, 5.74) is -7.98. The molecule has 0 spiro atoms. The first-order valence-corrected chi connectivity index (χ1v) is 10.5. The number of nitrogens with zero attached hydrogens (tertiary/aromatic N) is 1. The monoisotopic (exact) mass is 455 g/mol. The maximum Gasteiger partial charge on any atom is 0.299 e. The summed E-state index contributed by atoms with van der Waals surface area (Å²) in [6.07, 6.45) is -1.71. The van der Waals surface area contributed by atoms with Gasteiger partial charge in [-0.2, -0.15) is 0 Å². The van der Waals surface area contributed by atoms with Gasteiger partial charge in [-0.1, -0.05) is 12.5 Å². The fourth-order valence-electron chi connectivity index (χ4n) is 7.14. The first-order chi connectivity index (χ1) is 14.8. The third kappa shape index (κ3) is 2.47. The van der Waals surface area contributed by atoms with Gasteiger partial charge >= 0.3 is 0 Å². The highest BCUT2D eigenvalue weighted by Gasteiger charge is 2.77. The van der Waals surface area contributed by atoms with Crippen LogP contribution in [0.2, 0.25) is 0 Å². The topological polar surface area (TPSA) is 167 Å². The summed E-state index contributed by atoms with van der Waals surface area (Å²) in [4.78, 5) is 40.3. The summed E-state index contributed by atoms with van der Waals surface area (Å²) < 4.78 is 17.2. The Morgan fingerprint density at radius 2 is 1.94 bits per heavy atom. The number of aliphatic hydroxyl groups is 4.